The van der Waals surface area contributed by atoms with Crippen LogP contribution >= 0.6 is 24.0 Å². The van der Waals surface area contributed by atoms with Crippen molar-refractivity contribution < 1.29 is 4.79 Å². The number of fused-ring (bicyclic) bond motifs is 1. The maximum Gasteiger partial charge on any atom is 0.248 e. The van der Waals surface area contributed by atoms with E-state index in [4.69, 9.17) is 12.2 Å². The molecule has 2 heterocycles. The number of amidine groups is 1. The molecule has 2 rings (SSSR count). The Morgan fingerprint density at radius 1 is 1.32 bits per heavy atom. The van der Waals surface area contributed by atoms with Gasteiger partial charge in [0.25, 0.3) is 0 Å². The molecule has 0 N–H and O–H groups in total. The normalized spacial score (nSPS) is 21.8. The zero-order chi connectivity index (χ0) is 16.3. The van der Waals surface area contributed by atoms with E-state index in [1.54, 1.807) is 0 Å². The summed E-state index contributed by atoms with van der Waals surface area (Å²) in [4.78, 5) is 18.4. The van der Waals surface area contributed by atoms with Crippen molar-refractivity contribution in [3.05, 3.63) is 0 Å². The summed E-state index contributed by atoms with van der Waals surface area (Å²) in [6.07, 6.45) is 3.58. The fraction of sp³-hybridized carbons (Fsp3) is 0.800. The van der Waals surface area contributed by atoms with Crippen LogP contribution in [0.4, 0.5) is 0 Å². The number of hydrazine groups is 1. The third kappa shape index (κ3) is 3.81. The summed E-state index contributed by atoms with van der Waals surface area (Å²) in [6, 6.07) is 0.995. The number of thiocarbonyl (C=S) groups is 1. The van der Waals surface area contributed by atoms with Gasteiger partial charge in [-0.1, -0.05) is 26.1 Å². The molecule has 2 aliphatic heterocycles. The zero-order valence-electron chi connectivity index (χ0n) is 13.9. The van der Waals surface area contributed by atoms with Gasteiger partial charge in [-0.3, -0.25) is 19.7 Å². The maximum absolute atomic E-state index is 11.7. The van der Waals surface area contributed by atoms with E-state index in [2.05, 4.69) is 47.6 Å². The minimum Gasteiger partial charge on any atom is -0.279 e. The number of carbonyl (C=O) groups is 1. The second-order valence-electron chi connectivity index (χ2n) is 5.95. The number of hydrogen-bond acceptors (Lipinski definition) is 5. The van der Waals surface area contributed by atoms with Crippen LogP contribution in [0, 0.1) is 0 Å². The van der Waals surface area contributed by atoms with Gasteiger partial charge in [-0.25, -0.2) is 0 Å². The molecule has 1 fully saturated rings. The lowest BCUT2D eigenvalue weighted by atomic mass is 10.1. The van der Waals surface area contributed by atoms with Crippen LogP contribution in [0.25, 0.3) is 0 Å². The number of rotatable bonds is 6. The van der Waals surface area contributed by atoms with E-state index in [9.17, 15) is 4.79 Å². The van der Waals surface area contributed by atoms with E-state index in [1.165, 1.54) is 11.8 Å². The monoisotopic (exact) mass is 342 g/mol. The first-order chi connectivity index (χ1) is 10.5. The molecular weight excluding hydrogens is 316 g/mol. The van der Waals surface area contributed by atoms with E-state index >= 15 is 0 Å². The largest absolute Gasteiger partial charge is 0.279 e. The van der Waals surface area contributed by atoms with Gasteiger partial charge in [0.15, 0.2) is 9.49 Å². The molecule has 0 aliphatic carbocycles. The highest BCUT2D eigenvalue weighted by Gasteiger charge is 2.36. The summed E-state index contributed by atoms with van der Waals surface area (Å²) in [6.45, 7) is 10.5. The van der Waals surface area contributed by atoms with Crippen LogP contribution in [0.1, 0.15) is 53.4 Å². The number of carbonyl (C=O) groups excluding carboxylic acids is 1. The molecule has 124 valence electrons. The van der Waals surface area contributed by atoms with Gasteiger partial charge >= 0.3 is 0 Å². The van der Waals surface area contributed by atoms with Crippen LogP contribution < -0.4 is 0 Å². The molecular formula is C15H26N4OS2. The molecule has 1 saturated heterocycles. The molecule has 0 unspecified atom stereocenters. The lowest BCUT2D eigenvalue weighted by Gasteiger charge is -2.39. The van der Waals surface area contributed by atoms with Gasteiger partial charge < -0.3 is 0 Å². The Morgan fingerprint density at radius 2 is 1.95 bits per heavy atom. The summed E-state index contributed by atoms with van der Waals surface area (Å²) in [5, 5.41) is 4.96. The topological polar surface area (TPSA) is 39.1 Å². The highest BCUT2D eigenvalue weighted by atomic mass is 32.2. The molecule has 0 saturated carbocycles. The predicted molar refractivity (Wildman–Crippen MR) is 96.6 cm³/mol. The fourth-order valence-electron chi connectivity index (χ4n) is 2.70. The van der Waals surface area contributed by atoms with Crippen LogP contribution in [-0.4, -0.2) is 55.6 Å². The van der Waals surface area contributed by atoms with E-state index < -0.39 is 0 Å². The van der Waals surface area contributed by atoms with Gasteiger partial charge in [0.1, 0.15) is 0 Å². The Hall–Kier alpha value is -0.660. The molecule has 7 heteroatoms. The van der Waals surface area contributed by atoms with Crippen LogP contribution in [0.3, 0.4) is 0 Å². The third-order valence-corrected chi connectivity index (χ3v) is 5.82. The molecule has 0 spiro atoms. The SMILES string of the molecule is CC[C@H](C)N(CN1C(=S)SC2=NC(=O)CCCN21)[C@@H](C)CC. The Balaban J connectivity index is 2.17. The van der Waals surface area contributed by atoms with Gasteiger partial charge in [-0.05, 0) is 44.9 Å². The van der Waals surface area contributed by atoms with Crippen molar-refractivity contribution in [2.24, 2.45) is 4.99 Å². The first kappa shape index (κ1) is 17.7. The molecule has 22 heavy (non-hydrogen) atoms. The summed E-state index contributed by atoms with van der Waals surface area (Å²) in [5.74, 6) is -0.0321. The van der Waals surface area contributed by atoms with Crippen molar-refractivity contribution in [2.45, 2.75) is 65.5 Å². The molecule has 0 aromatic rings. The molecule has 1 amide bonds. The van der Waals surface area contributed by atoms with Crippen molar-refractivity contribution in [1.82, 2.24) is 14.9 Å². The molecule has 0 aromatic heterocycles. The van der Waals surface area contributed by atoms with E-state index in [0.29, 0.717) is 18.5 Å². The third-order valence-electron chi connectivity index (χ3n) is 4.49. The Bertz CT molecular complexity index is 458. The highest BCUT2D eigenvalue weighted by Crippen LogP contribution is 2.29. The van der Waals surface area contributed by atoms with Crippen LogP contribution in [0.5, 0.6) is 0 Å². The Kier molecular flexibility index (Phi) is 6.23. The number of thioether (sulfide) groups is 1. The summed E-state index contributed by atoms with van der Waals surface area (Å²) in [5.41, 5.74) is 0. The lowest BCUT2D eigenvalue weighted by molar-refractivity contribution is -0.117. The molecule has 5 nitrogen and oxygen atoms in total. The van der Waals surface area contributed by atoms with E-state index in [1.807, 2.05) is 0 Å². The standard InChI is InChI=1S/C15H26N4OS2/c1-5-11(3)17(12(4)6-2)10-19-15(21)22-14-16-13(20)8-7-9-18(14)19/h11-12H,5-10H2,1-4H3/t11-,12-/m0/s1. The second kappa shape index (κ2) is 7.75. The Morgan fingerprint density at radius 3 is 2.55 bits per heavy atom. The summed E-state index contributed by atoms with van der Waals surface area (Å²) in [7, 11) is 0. The number of amides is 1. The van der Waals surface area contributed by atoms with Crippen molar-refractivity contribution in [1.29, 1.82) is 0 Å². The van der Waals surface area contributed by atoms with Gasteiger partial charge in [-0.15, -0.1) is 0 Å². The molecule has 0 bridgehead atoms. The molecule has 2 aliphatic rings. The smallest absolute Gasteiger partial charge is 0.248 e. The van der Waals surface area contributed by atoms with Crippen LogP contribution in [0.2, 0.25) is 0 Å². The van der Waals surface area contributed by atoms with Gasteiger partial charge in [0, 0.05) is 25.0 Å². The minimum atomic E-state index is -0.0321. The maximum atomic E-state index is 11.7. The van der Waals surface area contributed by atoms with Gasteiger partial charge in [0.2, 0.25) is 5.91 Å². The highest BCUT2D eigenvalue weighted by molar-refractivity contribution is 8.33. The second-order valence-corrected chi connectivity index (χ2v) is 7.55. The first-order valence-corrected chi connectivity index (χ1v) is 9.34. The van der Waals surface area contributed by atoms with Crippen molar-refractivity contribution in [3.8, 4) is 0 Å². The fourth-order valence-corrected chi connectivity index (χ4v) is 3.94. The average Bonchev–Trinajstić information content (AvgIpc) is 2.66. The minimum absolute atomic E-state index is 0.0321. The number of nitrogens with zero attached hydrogens (tertiary/aromatic N) is 4. The number of aliphatic imine (C=N–C) groups is 1. The van der Waals surface area contributed by atoms with Gasteiger partial charge in [0.05, 0.1) is 6.67 Å². The molecule has 0 radical (unpaired) electrons. The Labute approximate surface area is 143 Å². The first-order valence-electron chi connectivity index (χ1n) is 8.11. The van der Waals surface area contributed by atoms with E-state index in [0.717, 1.165) is 42.0 Å². The van der Waals surface area contributed by atoms with Crippen molar-refractivity contribution in [3.63, 3.8) is 0 Å². The molecule has 0 aromatic carbocycles. The quantitative estimate of drug-likeness (QED) is 0.691. The van der Waals surface area contributed by atoms with Crippen molar-refractivity contribution >= 4 is 39.4 Å². The van der Waals surface area contributed by atoms with Crippen LogP contribution in [0.15, 0.2) is 4.99 Å². The zero-order valence-corrected chi connectivity index (χ0v) is 15.5. The summed E-state index contributed by atoms with van der Waals surface area (Å²) < 4.78 is 0.796. The van der Waals surface area contributed by atoms with Crippen LogP contribution in [-0.2, 0) is 4.79 Å². The average molecular weight is 343 g/mol. The van der Waals surface area contributed by atoms with Gasteiger partial charge in [-0.2, -0.15) is 4.99 Å². The summed E-state index contributed by atoms with van der Waals surface area (Å²) >= 11 is 6.97. The van der Waals surface area contributed by atoms with E-state index in [-0.39, 0.29) is 5.91 Å². The predicted octanol–water partition coefficient (Wildman–Crippen LogP) is 3.07. The number of hydrogen-bond donors (Lipinski definition) is 0. The lowest BCUT2D eigenvalue weighted by Crippen LogP contribution is -2.52. The van der Waals surface area contributed by atoms with Crippen molar-refractivity contribution in [2.75, 3.05) is 13.2 Å². The molecule has 2 atom stereocenters.